The minimum atomic E-state index is -3.09. The van der Waals surface area contributed by atoms with Gasteiger partial charge in [0.05, 0.1) is 11.4 Å². The van der Waals surface area contributed by atoms with Gasteiger partial charge in [-0.05, 0) is 32.1 Å². The third-order valence-corrected chi connectivity index (χ3v) is 8.49. The van der Waals surface area contributed by atoms with Crippen LogP contribution in [0.5, 0.6) is 0 Å². The van der Waals surface area contributed by atoms with Gasteiger partial charge < -0.3 is 15.5 Å². The van der Waals surface area contributed by atoms with Crippen molar-refractivity contribution in [1.29, 1.82) is 0 Å². The van der Waals surface area contributed by atoms with Gasteiger partial charge in [-0.3, -0.25) is 4.99 Å². The molecule has 2 aliphatic heterocycles. The second-order valence-electron chi connectivity index (χ2n) is 7.70. The average molecular weight is 443 g/mol. The van der Waals surface area contributed by atoms with Gasteiger partial charge in [0.25, 0.3) is 0 Å². The molecule has 10 heteroatoms. The second kappa shape index (κ2) is 10.6. The molecule has 0 unspecified atom stereocenters. The van der Waals surface area contributed by atoms with E-state index in [-0.39, 0.29) is 11.8 Å². The van der Waals surface area contributed by atoms with Crippen LogP contribution < -0.4 is 15.5 Å². The first-order valence-corrected chi connectivity index (χ1v) is 13.1. The van der Waals surface area contributed by atoms with Crippen molar-refractivity contribution < 1.29 is 8.42 Å². The van der Waals surface area contributed by atoms with Gasteiger partial charge in [-0.1, -0.05) is 6.92 Å². The smallest absolute Gasteiger partial charge is 0.214 e. The SMILES string of the molecule is CCCS(=O)(=O)N1CCC(NC(=NC)NCCc2csc(N3CCCC3)n2)CC1. The van der Waals surface area contributed by atoms with Crippen molar-refractivity contribution in [2.24, 2.45) is 4.99 Å². The lowest BCUT2D eigenvalue weighted by Gasteiger charge is -2.32. The number of piperidine rings is 1. The number of nitrogens with one attached hydrogen (secondary N) is 2. The van der Waals surface area contributed by atoms with E-state index in [0.717, 1.165) is 55.7 Å². The van der Waals surface area contributed by atoms with Crippen LogP contribution in [0.2, 0.25) is 0 Å². The molecule has 0 atom stereocenters. The fourth-order valence-electron chi connectivity index (χ4n) is 3.83. The molecule has 3 heterocycles. The predicted molar refractivity (Wildman–Crippen MR) is 120 cm³/mol. The van der Waals surface area contributed by atoms with Crippen LogP contribution in [0.4, 0.5) is 5.13 Å². The van der Waals surface area contributed by atoms with Gasteiger partial charge in [0.15, 0.2) is 11.1 Å². The van der Waals surface area contributed by atoms with Crippen LogP contribution >= 0.6 is 11.3 Å². The fourth-order valence-corrected chi connectivity index (χ4v) is 6.28. The van der Waals surface area contributed by atoms with Crippen LogP contribution in [0.1, 0.15) is 44.7 Å². The highest BCUT2D eigenvalue weighted by Gasteiger charge is 2.27. The molecule has 0 aliphatic carbocycles. The zero-order valence-electron chi connectivity index (χ0n) is 17.6. The Kier molecular flexibility index (Phi) is 8.14. The Bertz CT molecular complexity index is 765. The Labute approximate surface area is 178 Å². The molecule has 1 aromatic rings. The predicted octanol–water partition coefficient (Wildman–Crippen LogP) is 1.66. The molecule has 3 rings (SSSR count). The first-order chi connectivity index (χ1) is 14.0. The molecule has 0 amide bonds. The standard InChI is InChI=1S/C19H34N6O2S2/c1-3-14-29(26,27)25-12-7-16(8-13-25)22-18(20-2)21-9-6-17-15-28-19(23-17)24-10-4-5-11-24/h15-16H,3-14H2,1-2H3,(H2,20,21,22). The molecule has 0 bridgehead atoms. The van der Waals surface area contributed by atoms with Gasteiger partial charge in [-0.15, -0.1) is 11.3 Å². The van der Waals surface area contributed by atoms with Crippen molar-refractivity contribution in [1.82, 2.24) is 19.9 Å². The summed E-state index contributed by atoms with van der Waals surface area (Å²) in [6.45, 7) is 6.08. The highest BCUT2D eigenvalue weighted by Crippen LogP contribution is 2.24. The van der Waals surface area contributed by atoms with Crippen LogP contribution in [0.15, 0.2) is 10.4 Å². The maximum Gasteiger partial charge on any atom is 0.214 e. The Morgan fingerprint density at radius 2 is 2.00 bits per heavy atom. The molecule has 8 nitrogen and oxygen atoms in total. The summed E-state index contributed by atoms with van der Waals surface area (Å²) in [5.41, 5.74) is 1.12. The third kappa shape index (κ3) is 6.29. The quantitative estimate of drug-likeness (QED) is 0.470. The van der Waals surface area contributed by atoms with Gasteiger partial charge in [0.1, 0.15) is 0 Å². The van der Waals surface area contributed by atoms with Crippen LogP contribution in [-0.4, -0.2) is 75.2 Å². The molecule has 0 spiro atoms. The second-order valence-corrected chi connectivity index (χ2v) is 10.6. The Morgan fingerprint density at radius 1 is 1.28 bits per heavy atom. The number of thiazole rings is 1. The van der Waals surface area contributed by atoms with E-state index in [1.54, 1.807) is 22.7 Å². The van der Waals surface area contributed by atoms with E-state index in [1.165, 1.54) is 12.8 Å². The summed E-state index contributed by atoms with van der Waals surface area (Å²) in [6.07, 6.45) is 5.65. The first kappa shape index (κ1) is 22.3. The lowest BCUT2D eigenvalue weighted by molar-refractivity contribution is 0.306. The zero-order valence-corrected chi connectivity index (χ0v) is 19.2. The Morgan fingerprint density at radius 3 is 2.66 bits per heavy atom. The Balaban J connectivity index is 1.39. The first-order valence-electron chi connectivity index (χ1n) is 10.7. The van der Waals surface area contributed by atoms with Crippen molar-refractivity contribution >= 4 is 32.5 Å². The number of anilines is 1. The minimum absolute atomic E-state index is 0.240. The molecule has 2 fully saturated rings. The van der Waals surface area contributed by atoms with E-state index < -0.39 is 10.0 Å². The molecule has 164 valence electrons. The highest BCUT2D eigenvalue weighted by atomic mass is 32.2. The van der Waals surface area contributed by atoms with E-state index in [4.69, 9.17) is 4.98 Å². The number of aromatic nitrogens is 1. The van der Waals surface area contributed by atoms with Crippen LogP contribution in [0.3, 0.4) is 0 Å². The molecule has 1 aromatic heterocycles. The van der Waals surface area contributed by atoms with E-state index in [1.807, 2.05) is 6.92 Å². The third-order valence-electron chi connectivity index (χ3n) is 5.46. The Hall–Kier alpha value is -1.39. The summed E-state index contributed by atoms with van der Waals surface area (Å²) >= 11 is 1.73. The lowest BCUT2D eigenvalue weighted by atomic mass is 10.1. The van der Waals surface area contributed by atoms with E-state index in [0.29, 0.717) is 19.5 Å². The average Bonchev–Trinajstić information content (AvgIpc) is 3.39. The van der Waals surface area contributed by atoms with Gasteiger partial charge in [0, 0.05) is 57.6 Å². The van der Waals surface area contributed by atoms with Crippen LogP contribution in [0, 0.1) is 0 Å². The van der Waals surface area contributed by atoms with E-state index in [2.05, 4.69) is 25.9 Å². The van der Waals surface area contributed by atoms with Crippen molar-refractivity contribution in [3.63, 3.8) is 0 Å². The summed E-state index contributed by atoms with van der Waals surface area (Å²) in [7, 11) is -1.32. The van der Waals surface area contributed by atoms with Crippen molar-refractivity contribution in [3.05, 3.63) is 11.1 Å². The van der Waals surface area contributed by atoms with Gasteiger partial charge >= 0.3 is 0 Å². The van der Waals surface area contributed by atoms with Crippen molar-refractivity contribution in [3.8, 4) is 0 Å². The molecular formula is C19H34N6O2S2. The van der Waals surface area contributed by atoms with Crippen LogP contribution in [0.25, 0.3) is 0 Å². The minimum Gasteiger partial charge on any atom is -0.356 e. The zero-order chi connectivity index (χ0) is 20.7. The molecule has 2 saturated heterocycles. The van der Waals surface area contributed by atoms with E-state index >= 15 is 0 Å². The molecule has 2 aliphatic rings. The number of guanidine groups is 1. The number of aliphatic imine (C=N–C) groups is 1. The molecule has 0 saturated carbocycles. The summed E-state index contributed by atoms with van der Waals surface area (Å²) in [5.74, 6) is 1.01. The van der Waals surface area contributed by atoms with Gasteiger partial charge in [-0.2, -0.15) is 0 Å². The molecular weight excluding hydrogens is 408 g/mol. The summed E-state index contributed by atoms with van der Waals surface area (Å²) in [4.78, 5) is 11.4. The van der Waals surface area contributed by atoms with E-state index in [9.17, 15) is 8.42 Å². The highest BCUT2D eigenvalue weighted by molar-refractivity contribution is 7.89. The number of nitrogens with zero attached hydrogens (tertiary/aromatic N) is 4. The van der Waals surface area contributed by atoms with Crippen molar-refractivity contribution in [2.75, 3.05) is 50.4 Å². The molecule has 0 aromatic carbocycles. The number of sulfonamides is 1. The fraction of sp³-hybridized carbons (Fsp3) is 0.789. The molecule has 0 radical (unpaired) electrons. The monoisotopic (exact) mass is 442 g/mol. The number of hydrogen-bond acceptors (Lipinski definition) is 6. The van der Waals surface area contributed by atoms with Gasteiger partial charge in [-0.25, -0.2) is 17.7 Å². The topological polar surface area (TPSA) is 89.9 Å². The maximum absolute atomic E-state index is 12.2. The number of rotatable bonds is 8. The molecule has 29 heavy (non-hydrogen) atoms. The summed E-state index contributed by atoms with van der Waals surface area (Å²) < 4.78 is 26.0. The summed E-state index contributed by atoms with van der Waals surface area (Å²) in [6, 6.07) is 0.246. The number of hydrogen-bond donors (Lipinski definition) is 2. The normalized spacial score (nSPS) is 19.7. The lowest BCUT2D eigenvalue weighted by Crippen LogP contribution is -2.50. The molecule has 2 N–H and O–H groups in total. The van der Waals surface area contributed by atoms with Crippen molar-refractivity contribution in [2.45, 2.75) is 51.5 Å². The maximum atomic E-state index is 12.2. The van der Waals surface area contributed by atoms with Crippen LogP contribution in [-0.2, 0) is 16.4 Å². The summed E-state index contributed by atoms with van der Waals surface area (Å²) in [5, 5.41) is 10.1. The van der Waals surface area contributed by atoms with Gasteiger partial charge in [0.2, 0.25) is 10.0 Å². The largest absolute Gasteiger partial charge is 0.356 e.